The van der Waals surface area contributed by atoms with Crippen LogP contribution in [0.1, 0.15) is 0 Å². The molecule has 0 atom stereocenters. The van der Waals surface area contributed by atoms with E-state index in [1.54, 1.807) is 0 Å². The summed E-state index contributed by atoms with van der Waals surface area (Å²) in [5.74, 6) is 0. The molecule has 0 radical (unpaired) electrons. The summed E-state index contributed by atoms with van der Waals surface area (Å²) >= 11 is -3.29. The SMILES string of the molecule is O=[Se](O)O.c1ccccc1. The van der Waals surface area contributed by atoms with E-state index >= 15 is 0 Å². The molecule has 56 valence electrons. The normalized spacial score (nSPS) is 8.30. The van der Waals surface area contributed by atoms with Crippen molar-refractivity contribution in [1.82, 2.24) is 0 Å². The van der Waals surface area contributed by atoms with Gasteiger partial charge < -0.3 is 0 Å². The molecule has 10 heavy (non-hydrogen) atoms. The van der Waals surface area contributed by atoms with E-state index in [-0.39, 0.29) is 0 Å². The molecule has 0 bridgehead atoms. The molecular formula is C6H8O3Se. The number of hydrogen-bond donors (Lipinski definition) is 2. The summed E-state index contributed by atoms with van der Waals surface area (Å²) in [6.45, 7) is 0. The molecule has 1 aromatic carbocycles. The van der Waals surface area contributed by atoms with Gasteiger partial charge in [0.25, 0.3) is 0 Å². The Kier molecular flexibility index (Phi) is 6.22. The molecule has 4 heteroatoms. The summed E-state index contributed by atoms with van der Waals surface area (Å²) in [6, 6.07) is 12.0. The first kappa shape index (κ1) is 9.46. The third-order valence-corrected chi connectivity index (χ3v) is 0.667. The van der Waals surface area contributed by atoms with Crippen LogP contribution in [0.4, 0.5) is 0 Å². The second-order valence-electron chi connectivity index (χ2n) is 1.39. The maximum atomic E-state index is 8.76. The van der Waals surface area contributed by atoms with Crippen LogP contribution in [0.3, 0.4) is 0 Å². The van der Waals surface area contributed by atoms with Gasteiger partial charge in [0, 0.05) is 0 Å². The Bertz CT molecular complexity index is 145. The van der Waals surface area contributed by atoms with Crippen LogP contribution in [0.2, 0.25) is 0 Å². The zero-order valence-electron chi connectivity index (χ0n) is 5.18. The van der Waals surface area contributed by atoms with Crippen molar-refractivity contribution in [3.8, 4) is 0 Å². The van der Waals surface area contributed by atoms with Crippen molar-refractivity contribution in [3.63, 3.8) is 0 Å². The molecule has 0 amide bonds. The second kappa shape index (κ2) is 6.58. The zero-order chi connectivity index (χ0) is 7.82. The van der Waals surface area contributed by atoms with Crippen LogP contribution in [0.5, 0.6) is 0 Å². The van der Waals surface area contributed by atoms with Crippen LogP contribution in [0.25, 0.3) is 0 Å². The Balaban J connectivity index is 0.000000180. The third-order valence-electron chi connectivity index (χ3n) is 0.667. The summed E-state index contributed by atoms with van der Waals surface area (Å²) < 4.78 is 23.1. The summed E-state index contributed by atoms with van der Waals surface area (Å²) in [4.78, 5) is 0. The fourth-order valence-corrected chi connectivity index (χ4v) is 0.385. The molecule has 0 aliphatic carbocycles. The quantitative estimate of drug-likeness (QED) is 0.592. The molecule has 3 nitrogen and oxygen atoms in total. The predicted molar refractivity (Wildman–Crippen MR) is 37.3 cm³/mol. The van der Waals surface area contributed by atoms with E-state index in [0.29, 0.717) is 0 Å². The molecule has 0 aromatic heterocycles. The molecule has 1 aromatic rings. The minimum atomic E-state index is -3.29. The Morgan fingerprint density at radius 1 is 0.800 bits per heavy atom. The topological polar surface area (TPSA) is 57.5 Å². The van der Waals surface area contributed by atoms with Gasteiger partial charge in [-0.1, -0.05) is 36.4 Å². The van der Waals surface area contributed by atoms with Crippen LogP contribution in [-0.2, 0) is 3.83 Å². The molecule has 0 saturated heterocycles. The Morgan fingerprint density at radius 3 is 1.00 bits per heavy atom. The minimum absolute atomic E-state index is 2.00. The van der Waals surface area contributed by atoms with Crippen molar-refractivity contribution in [2.75, 3.05) is 0 Å². The van der Waals surface area contributed by atoms with E-state index in [2.05, 4.69) is 0 Å². The molecular weight excluding hydrogens is 199 g/mol. The molecule has 1 rings (SSSR count). The van der Waals surface area contributed by atoms with E-state index in [1.807, 2.05) is 36.4 Å². The van der Waals surface area contributed by atoms with E-state index in [0.717, 1.165) is 0 Å². The molecule has 0 spiro atoms. The van der Waals surface area contributed by atoms with Crippen LogP contribution in [0, 0.1) is 0 Å². The molecule has 0 aliphatic heterocycles. The summed E-state index contributed by atoms with van der Waals surface area (Å²) in [7, 11) is 0. The Labute approximate surface area is 63.7 Å². The van der Waals surface area contributed by atoms with Crippen molar-refractivity contribution in [2.24, 2.45) is 0 Å². The van der Waals surface area contributed by atoms with Gasteiger partial charge in [0.05, 0.1) is 0 Å². The van der Waals surface area contributed by atoms with Crippen molar-refractivity contribution >= 4 is 14.5 Å². The van der Waals surface area contributed by atoms with Gasteiger partial charge in [-0.3, -0.25) is 0 Å². The van der Waals surface area contributed by atoms with Gasteiger partial charge in [-0.05, 0) is 0 Å². The zero-order valence-corrected chi connectivity index (χ0v) is 6.89. The standard InChI is InChI=1S/C6H6.H2O3Se/c1-2-4-6-5-3-1;1-4(2)3/h1-6H;(H2,1,2,3). The molecule has 2 N–H and O–H groups in total. The van der Waals surface area contributed by atoms with Crippen molar-refractivity contribution in [2.45, 2.75) is 0 Å². The van der Waals surface area contributed by atoms with Gasteiger partial charge in [0.1, 0.15) is 0 Å². The first-order valence-electron chi connectivity index (χ1n) is 2.53. The molecule has 0 aliphatic rings. The van der Waals surface area contributed by atoms with Crippen LogP contribution in [-0.4, -0.2) is 22.9 Å². The minimum Gasteiger partial charge on any atom is -0.0623 e. The van der Waals surface area contributed by atoms with Gasteiger partial charge in [0.15, 0.2) is 0 Å². The summed E-state index contributed by atoms with van der Waals surface area (Å²) in [5.41, 5.74) is 0. The van der Waals surface area contributed by atoms with Crippen molar-refractivity contribution < 1.29 is 12.2 Å². The summed E-state index contributed by atoms with van der Waals surface area (Å²) in [5, 5.41) is 0. The van der Waals surface area contributed by atoms with E-state index in [1.165, 1.54) is 0 Å². The van der Waals surface area contributed by atoms with E-state index < -0.39 is 14.5 Å². The first-order valence-corrected chi connectivity index (χ1v) is 4.76. The fraction of sp³-hybridized carbons (Fsp3) is 0. The average Bonchev–Trinajstić information content (AvgIpc) is 1.90. The van der Waals surface area contributed by atoms with E-state index in [4.69, 9.17) is 12.2 Å². The predicted octanol–water partition coefficient (Wildman–Crippen LogP) is 0.0730. The maximum absolute atomic E-state index is 8.76. The first-order chi connectivity index (χ1) is 4.73. The van der Waals surface area contributed by atoms with E-state index in [9.17, 15) is 0 Å². The second-order valence-corrected chi connectivity index (χ2v) is 2.35. The number of rotatable bonds is 0. The largest absolute Gasteiger partial charge is 0.0623 e. The Hall–Kier alpha value is -0.541. The monoisotopic (exact) mass is 208 g/mol. The van der Waals surface area contributed by atoms with Gasteiger partial charge in [-0.2, -0.15) is 0 Å². The van der Waals surface area contributed by atoms with Gasteiger partial charge in [-0.15, -0.1) is 0 Å². The smallest absolute Gasteiger partial charge is 0.0623 e. The number of benzene rings is 1. The van der Waals surface area contributed by atoms with Crippen LogP contribution in [0.15, 0.2) is 36.4 Å². The molecule has 0 fully saturated rings. The van der Waals surface area contributed by atoms with Gasteiger partial charge in [0.2, 0.25) is 0 Å². The average molecular weight is 207 g/mol. The fourth-order valence-electron chi connectivity index (χ4n) is 0.385. The van der Waals surface area contributed by atoms with Crippen molar-refractivity contribution in [3.05, 3.63) is 36.4 Å². The summed E-state index contributed by atoms with van der Waals surface area (Å²) in [6.07, 6.45) is 0. The van der Waals surface area contributed by atoms with Crippen molar-refractivity contribution in [1.29, 1.82) is 0 Å². The Morgan fingerprint density at radius 2 is 0.900 bits per heavy atom. The number of hydrogen-bond acceptors (Lipinski definition) is 1. The third kappa shape index (κ3) is 10.4. The molecule has 0 heterocycles. The molecule has 0 unspecified atom stereocenters. The maximum Gasteiger partial charge on any atom is -0.0623 e. The molecule has 0 saturated carbocycles. The van der Waals surface area contributed by atoms with Gasteiger partial charge in [-0.25, -0.2) is 0 Å². The van der Waals surface area contributed by atoms with Crippen LogP contribution >= 0.6 is 0 Å². The van der Waals surface area contributed by atoms with Gasteiger partial charge >= 0.3 is 26.7 Å². The van der Waals surface area contributed by atoms with Crippen LogP contribution < -0.4 is 0 Å².